The van der Waals surface area contributed by atoms with Crippen molar-refractivity contribution in [2.75, 3.05) is 12.9 Å². The topological polar surface area (TPSA) is 58.6 Å². The molecule has 1 aromatic carbocycles. The molecule has 0 spiro atoms. The minimum atomic E-state index is -0.647. The first-order valence-corrected chi connectivity index (χ1v) is 8.90. The van der Waals surface area contributed by atoms with Gasteiger partial charge >= 0.3 is 0 Å². The molecule has 0 bridgehead atoms. The summed E-state index contributed by atoms with van der Waals surface area (Å²) in [5.74, 6) is 0.329. The van der Waals surface area contributed by atoms with Crippen molar-refractivity contribution in [1.82, 2.24) is 5.32 Å². The second-order valence-corrected chi connectivity index (χ2v) is 6.96. The predicted octanol–water partition coefficient (Wildman–Crippen LogP) is 3.10. The standard InChI is InChI=1S/C14H19BrClNO3S/c1-8(13(7-18)21-3)17-14(19)9(2)20-12-5-4-10(16)6-11(12)15/h4-6,8-9,13,18H,7H2,1-3H3,(H,17,19). The minimum Gasteiger partial charge on any atom is -0.480 e. The highest BCUT2D eigenvalue weighted by molar-refractivity contribution is 9.10. The Morgan fingerprint density at radius 1 is 1.52 bits per heavy atom. The van der Waals surface area contributed by atoms with Gasteiger partial charge < -0.3 is 15.2 Å². The number of hydrogen-bond acceptors (Lipinski definition) is 4. The summed E-state index contributed by atoms with van der Waals surface area (Å²) >= 11 is 10.7. The van der Waals surface area contributed by atoms with Crippen molar-refractivity contribution in [3.8, 4) is 5.75 Å². The summed E-state index contributed by atoms with van der Waals surface area (Å²) in [7, 11) is 0. The molecule has 7 heteroatoms. The van der Waals surface area contributed by atoms with Gasteiger partial charge in [0.15, 0.2) is 6.10 Å². The molecule has 1 amide bonds. The third-order valence-electron chi connectivity index (χ3n) is 2.98. The quantitative estimate of drug-likeness (QED) is 0.743. The summed E-state index contributed by atoms with van der Waals surface area (Å²) in [6, 6.07) is 4.97. The van der Waals surface area contributed by atoms with Crippen molar-refractivity contribution in [1.29, 1.82) is 0 Å². The number of nitrogens with one attached hydrogen (secondary N) is 1. The third kappa shape index (κ3) is 5.70. The van der Waals surface area contributed by atoms with Crippen LogP contribution in [-0.2, 0) is 4.79 Å². The number of aliphatic hydroxyl groups excluding tert-OH is 1. The molecule has 2 N–H and O–H groups in total. The van der Waals surface area contributed by atoms with Crippen LogP contribution in [0.4, 0.5) is 0 Å². The molecule has 1 aromatic rings. The molecule has 0 aromatic heterocycles. The Morgan fingerprint density at radius 2 is 2.19 bits per heavy atom. The molecule has 1 rings (SSSR count). The van der Waals surface area contributed by atoms with Crippen molar-refractivity contribution in [3.05, 3.63) is 27.7 Å². The minimum absolute atomic E-state index is 0.0145. The van der Waals surface area contributed by atoms with E-state index in [1.165, 1.54) is 11.8 Å². The summed E-state index contributed by atoms with van der Waals surface area (Å²) < 4.78 is 6.32. The normalized spacial score (nSPS) is 15.1. The van der Waals surface area contributed by atoms with E-state index in [9.17, 15) is 9.90 Å². The maximum absolute atomic E-state index is 12.1. The Morgan fingerprint density at radius 3 is 2.71 bits per heavy atom. The van der Waals surface area contributed by atoms with Crippen LogP contribution in [-0.4, -0.2) is 41.3 Å². The Hall–Kier alpha value is -0.430. The lowest BCUT2D eigenvalue weighted by atomic mass is 10.2. The molecule has 0 saturated carbocycles. The first kappa shape index (κ1) is 18.6. The van der Waals surface area contributed by atoms with Crippen LogP contribution in [0.5, 0.6) is 5.75 Å². The highest BCUT2D eigenvalue weighted by Crippen LogP contribution is 2.28. The molecule has 0 radical (unpaired) electrons. The zero-order chi connectivity index (χ0) is 16.0. The van der Waals surface area contributed by atoms with Gasteiger partial charge in [0.2, 0.25) is 0 Å². The van der Waals surface area contributed by atoms with Gasteiger partial charge in [-0.15, -0.1) is 0 Å². The van der Waals surface area contributed by atoms with Crippen LogP contribution in [0.2, 0.25) is 5.02 Å². The maximum Gasteiger partial charge on any atom is 0.261 e. The average Bonchev–Trinajstić information content (AvgIpc) is 2.43. The van der Waals surface area contributed by atoms with Crippen molar-refractivity contribution in [2.24, 2.45) is 0 Å². The molecule has 0 aliphatic carbocycles. The number of ether oxygens (including phenoxy) is 1. The van der Waals surface area contributed by atoms with Gasteiger partial charge in [0.1, 0.15) is 5.75 Å². The zero-order valence-corrected chi connectivity index (χ0v) is 15.3. The second kappa shape index (κ2) is 8.88. The maximum atomic E-state index is 12.1. The van der Waals surface area contributed by atoms with Gasteiger partial charge in [-0.2, -0.15) is 11.8 Å². The SMILES string of the molecule is CSC(CO)C(C)NC(=O)C(C)Oc1ccc(Cl)cc1Br. The Balaban J connectivity index is 2.62. The van der Waals surface area contributed by atoms with Crippen molar-refractivity contribution >= 4 is 45.2 Å². The molecule has 0 aliphatic rings. The molecular formula is C14H19BrClNO3S. The predicted molar refractivity (Wildman–Crippen MR) is 91.2 cm³/mol. The van der Waals surface area contributed by atoms with Crippen LogP contribution >= 0.6 is 39.3 Å². The third-order valence-corrected chi connectivity index (χ3v) is 4.99. The summed E-state index contributed by atoms with van der Waals surface area (Å²) in [4.78, 5) is 12.1. The lowest BCUT2D eigenvalue weighted by Crippen LogP contribution is -2.46. The van der Waals surface area contributed by atoms with E-state index in [-0.39, 0.29) is 23.8 Å². The van der Waals surface area contributed by atoms with E-state index < -0.39 is 6.10 Å². The first-order valence-electron chi connectivity index (χ1n) is 6.44. The van der Waals surface area contributed by atoms with E-state index in [0.29, 0.717) is 15.2 Å². The van der Waals surface area contributed by atoms with Gasteiger partial charge in [0, 0.05) is 16.3 Å². The molecule has 0 heterocycles. The van der Waals surface area contributed by atoms with Gasteiger partial charge in [0.25, 0.3) is 5.91 Å². The van der Waals surface area contributed by atoms with Crippen LogP contribution < -0.4 is 10.1 Å². The number of benzene rings is 1. The molecule has 0 aliphatic heterocycles. The first-order chi connectivity index (χ1) is 9.88. The molecule has 3 unspecified atom stereocenters. The monoisotopic (exact) mass is 395 g/mol. The molecule has 4 nitrogen and oxygen atoms in total. The largest absolute Gasteiger partial charge is 0.480 e. The number of halogens is 2. The fourth-order valence-electron chi connectivity index (χ4n) is 1.69. The zero-order valence-electron chi connectivity index (χ0n) is 12.1. The molecule has 0 fully saturated rings. The van der Waals surface area contributed by atoms with E-state index >= 15 is 0 Å². The highest BCUT2D eigenvalue weighted by atomic mass is 79.9. The van der Waals surface area contributed by atoms with Gasteiger partial charge in [-0.3, -0.25) is 4.79 Å². The molecular weight excluding hydrogens is 378 g/mol. The Bertz CT molecular complexity index is 485. The second-order valence-electron chi connectivity index (χ2n) is 4.59. The number of hydrogen-bond donors (Lipinski definition) is 2. The van der Waals surface area contributed by atoms with E-state index in [1.54, 1.807) is 25.1 Å². The van der Waals surface area contributed by atoms with E-state index in [4.69, 9.17) is 16.3 Å². The smallest absolute Gasteiger partial charge is 0.261 e. The average molecular weight is 397 g/mol. The lowest BCUT2D eigenvalue weighted by Gasteiger charge is -2.23. The number of amides is 1. The Labute approximate surface area is 142 Å². The number of rotatable bonds is 7. The van der Waals surface area contributed by atoms with Crippen molar-refractivity contribution in [2.45, 2.75) is 31.2 Å². The molecule has 118 valence electrons. The number of aliphatic hydroxyl groups is 1. The summed E-state index contributed by atoms with van der Waals surface area (Å²) in [6.45, 7) is 3.55. The fraction of sp³-hybridized carbons (Fsp3) is 0.500. The van der Waals surface area contributed by atoms with Crippen LogP contribution in [0.25, 0.3) is 0 Å². The van der Waals surface area contributed by atoms with Gasteiger partial charge in [-0.1, -0.05) is 11.6 Å². The number of thioether (sulfide) groups is 1. The Kier molecular flexibility index (Phi) is 7.87. The molecule has 21 heavy (non-hydrogen) atoms. The van der Waals surface area contributed by atoms with Crippen LogP contribution in [0.1, 0.15) is 13.8 Å². The van der Waals surface area contributed by atoms with Crippen LogP contribution in [0, 0.1) is 0 Å². The van der Waals surface area contributed by atoms with Crippen molar-refractivity contribution < 1.29 is 14.6 Å². The van der Waals surface area contributed by atoms with Gasteiger partial charge in [0.05, 0.1) is 11.1 Å². The summed E-state index contributed by atoms with van der Waals surface area (Å²) in [5.41, 5.74) is 0. The van der Waals surface area contributed by atoms with E-state index in [0.717, 1.165) is 0 Å². The van der Waals surface area contributed by atoms with E-state index in [1.807, 2.05) is 13.2 Å². The number of carbonyl (C=O) groups is 1. The fourth-order valence-corrected chi connectivity index (χ4v) is 3.09. The molecule has 0 saturated heterocycles. The van der Waals surface area contributed by atoms with Crippen molar-refractivity contribution in [3.63, 3.8) is 0 Å². The van der Waals surface area contributed by atoms with Crippen LogP contribution in [0.15, 0.2) is 22.7 Å². The van der Waals surface area contributed by atoms with Gasteiger partial charge in [-0.25, -0.2) is 0 Å². The van der Waals surface area contributed by atoms with Gasteiger partial charge in [-0.05, 0) is 54.2 Å². The molecule has 3 atom stereocenters. The summed E-state index contributed by atoms with van der Waals surface area (Å²) in [5, 5.41) is 12.6. The highest BCUT2D eigenvalue weighted by Gasteiger charge is 2.22. The lowest BCUT2D eigenvalue weighted by molar-refractivity contribution is -0.127. The van der Waals surface area contributed by atoms with E-state index in [2.05, 4.69) is 21.2 Å². The van der Waals surface area contributed by atoms with Crippen LogP contribution in [0.3, 0.4) is 0 Å². The summed E-state index contributed by atoms with van der Waals surface area (Å²) in [6.07, 6.45) is 1.25. The number of carbonyl (C=O) groups excluding carboxylic acids is 1.